The first-order valence-corrected chi connectivity index (χ1v) is 11.3. The normalized spacial score (nSPS) is 10.9. The number of benzene rings is 4. The van der Waals surface area contributed by atoms with Crippen LogP contribution in [0.3, 0.4) is 0 Å². The molecule has 5 heteroatoms. The van der Waals surface area contributed by atoms with Gasteiger partial charge in [0, 0.05) is 5.56 Å². The minimum Gasteiger partial charge on any atom is -0.502 e. The molecule has 0 unspecified atom stereocenters. The van der Waals surface area contributed by atoms with Crippen molar-refractivity contribution in [1.82, 2.24) is 0 Å². The van der Waals surface area contributed by atoms with Gasteiger partial charge in [-0.2, -0.15) is 0 Å². The van der Waals surface area contributed by atoms with Gasteiger partial charge in [0.1, 0.15) is 35.7 Å². The highest BCUT2D eigenvalue weighted by Gasteiger charge is 2.19. The molecule has 1 heterocycles. The van der Waals surface area contributed by atoms with E-state index in [-0.39, 0.29) is 11.1 Å². The zero-order valence-electron chi connectivity index (χ0n) is 19.2. The van der Waals surface area contributed by atoms with Gasteiger partial charge in [-0.15, -0.1) is 0 Å². The molecule has 0 saturated carbocycles. The van der Waals surface area contributed by atoms with Gasteiger partial charge in [-0.05, 0) is 60.0 Å². The molecule has 0 amide bonds. The molecule has 0 atom stereocenters. The van der Waals surface area contributed by atoms with Crippen molar-refractivity contribution >= 4 is 11.0 Å². The number of hydrogen-bond donors (Lipinski definition) is 1. The third kappa shape index (κ3) is 4.89. The van der Waals surface area contributed by atoms with E-state index < -0.39 is 11.2 Å². The highest BCUT2D eigenvalue weighted by molar-refractivity contribution is 5.87. The summed E-state index contributed by atoms with van der Waals surface area (Å²) in [5, 5.41) is 11.0. The molecule has 4 aromatic carbocycles. The summed E-state index contributed by atoms with van der Waals surface area (Å²) in [6, 6.07) is 30.2. The predicted octanol–water partition coefficient (Wildman–Crippen LogP) is 6.63. The van der Waals surface area contributed by atoms with Gasteiger partial charge < -0.3 is 19.0 Å². The Kier molecular flexibility index (Phi) is 6.22. The number of rotatable bonds is 7. The summed E-state index contributed by atoms with van der Waals surface area (Å²) >= 11 is 0. The Hall–Kier alpha value is -4.51. The van der Waals surface area contributed by atoms with Crippen LogP contribution in [0.25, 0.3) is 22.3 Å². The minimum absolute atomic E-state index is 0.108. The van der Waals surface area contributed by atoms with Crippen LogP contribution < -0.4 is 14.9 Å². The van der Waals surface area contributed by atoms with Crippen molar-refractivity contribution in [3.8, 4) is 28.6 Å². The van der Waals surface area contributed by atoms with Crippen LogP contribution in [0.1, 0.15) is 16.7 Å². The molecule has 35 heavy (non-hydrogen) atoms. The van der Waals surface area contributed by atoms with Gasteiger partial charge in [0.2, 0.25) is 11.2 Å². The van der Waals surface area contributed by atoms with Crippen LogP contribution in [0.2, 0.25) is 0 Å². The van der Waals surface area contributed by atoms with E-state index in [4.69, 9.17) is 13.9 Å². The van der Waals surface area contributed by atoms with E-state index in [9.17, 15) is 9.90 Å². The van der Waals surface area contributed by atoms with Crippen molar-refractivity contribution in [2.24, 2.45) is 0 Å². The van der Waals surface area contributed by atoms with Crippen LogP contribution in [0.4, 0.5) is 0 Å². The highest BCUT2D eigenvalue weighted by Crippen LogP contribution is 2.35. The second-order valence-corrected chi connectivity index (χ2v) is 8.32. The topological polar surface area (TPSA) is 68.9 Å². The zero-order chi connectivity index (χ0) is 24.2. The Bertz CT molecular complexity index is 1500. The maximum Gasteiger partial charge on any atom is 0.238 e. The molecule has 0 fully saturated rings. The maximum absolute atomic E-state index is 13.2. The van der Waals surface area contributed by atoms with E-state index in [1.807, 2.05) is 67.6 Å². The lowest BCUT2D eigenvalue weighted by Crippen LogP contribution is -2.06. The smallest absolute Gasteiger partial charge is 0.238 e. The standard InChI is InChI=1S/C30H24O5/c1-20-16-25(34-19-22-10-6-3-7-11-22)27-26(17-20)35-30(29(32)28(27)31)23-12-14-24(15-13-23)33-18-21-8-4-2-5-9-21/h2-17,32H,18-19H2,1H3. The van der Waals surface area contributed by atoms with Gasteiger partial charge >= 0.3 is 0 Å². The number of ether oxygens (including phenoxy) is 2. The first-order chi connectivity index (χ1) is 17.1. The van der Waals surface area contributed by atoms with Crippen molar-refractivity contribution in [3.63, 3.8) is 0 Å². The van der Waals surface area contributed by atoms with Crippen LogP contribution in [0.5, 0.6) is 17.2 Å². The summed E-state index contributed by atoms with van der Waals surface area (Å²) in [6.45, 7) is 2.65. The third-order valence-corrected chi connectivity index (χ3v) is 5.68. The Morgan fingerprint density at radius 3 is 2.00 bits per heavy atom. The summed E-state index contributed by atoms with van der Waals surface area (Å²) in [7, 11) is 0. The molecule has 0 radical (unpaired) electrons. The molecule has 1 aromatic heterocycles. The Morgan fingerprint density at radius 2 is 1.37 bits per heavy atom. The summed E-state index contributed by atoms with van der Waals surface area (Å²) in [5.41, 5.74) is 3.31. The third-order valence-electron chi connectivity index (χ3n) is 5.68. The molecule has 0 spiro atoms. The predicted molar refractivity (Wildman–Crippen MR) is 136 cm³/mol. The molecule has 174 valence electrons. The van der Waals surface area contributed by atoms with Gasteiger partial charge in [0.15, 0.2) is 5.76 Å². The van der Waals surface area contributed by atoms with Crippen molar-refractivity contribution in [2.45, 2.75) is 20.1 Å². The first-order valence-electron chi connectivity index (χ1n) is 11.3. The molecule has 5 rings (SSSR count). The van der Waals surface area contributed by atoms with Crippen molar-refractivity contribution in [3.05, 3.63) is 124 Å². The van der Waals surface area contributed by atoms with Crippen LogP contribution in [0, 0.1) is 6.92 Å². The molecule has 0 bridgehead atoms. The number of aryl methyl sites for hydroxylation is 1. The van der Waals surface area contributed by atoms with E-state index in [0.29, 0.717) is 35.9 Å². The van der Waals surface area contributed by atoms with Crippen molar-refractivity contribution in [1.29, 1.82) is 0 Å². The second-order valence-electron chi connectivity index (χ2n) is 8.32. The van der Waals surface area contributed by atoms with Crippen LogP contribution in [-0.4, -0.2) is 5.11 Å². The molecular weight excluding hydrogens is 440 g/mol. The van der Waals surface area contributed by atoms with Gasteiger partial charge in [-0.25, -0.2) is 0 Å². The van der Waals surface area contributed by atoms with E-state index in [0.717, 1.165) is 16.7 Å². The molecule has 0 saturated heterocycles. The molecule has 0 aliphatic rings. The largest absolute Gasteiger partial charge is 0.502 e. The van der Waals surface area contributed by atoms with Crippen LogP contribution in [-0.2, 0) is 13.2 Å². The van der Waals surface area contributed by atoms with Gasteiger partial charge in [0.05, 0.1) is 0 Å². The molecule has 0 aliphatic carbocycles. The fraction of sp³-hybridized carbons (Fsp3) is 0.100. The molecule has 1 N–H and O–H groups in total. The molecule has 0 aliphatic heterocycles. The lowest BCUT2D eigenvalue weighted by molar-refractivity contribution is 0.306. The summed E-state index contributed by atoms with van der Waals surface area (Å²) in [4.78, 5) is 13.2. The van der Waals surface area contributed by atoms with Gasteiger partial charge in [-0.3, -0.25) is 4.79 Å². The summed E-state index contributed by atoms with van der Waals surface area (Å²) in [6.07, 6.45) is 0. The minimum atomic E-state index is -0.534. The maximum atomic E-state index is 13.2. The number of fused-ring (bicyclic) bond motifs is 1. The zero-order valence-corrected chi connectivity index (χ0v) is 19.2. The Labute approximate surface area is 202 Å². The van der Waals surface area contributed by atoms with Crippen LogP contribution in [0.15, 0.2) is 106 Å². The summed E-state index contributed by atoms with van der Waals surface area (Å²) in [5.74, 6) is 0.706. The number of hydrogen-bond acceptors (Lipinski definition) is 5. The summed E-state index contributed by atoms with van der Waals surface area (Å²) < 4.78 is 17.8. The Morgan fingerprint density at radius 1 is 0.771 bits per heavy atom. The molecule has 5 nitrogen and oxygen atoms in total. The average Bonchev–Trinajstić information content (AvgIpc) is 2.89. The fourth-order valence-electron chi connectivity index (χ4n) is 3.89. The van der Waals surface area contributed by atoms with Gasteiger partial charge in [0.25, 0.3) is 0 Å². The second kappa shape index (κ2) is 9.77. The van der Waals surface area contributed by atoms with Crippen molar-refractivity contribution in [2.75, 3.05) is 0 Å². The monoisotopic (exact) mass is 464 g/mol. The Balaban J connectivity index is 1.44. The quantitative estimate of drug-likeness (QED) is 0.293. The van der Waals surface area contributed by atoms with E-state index in [2.05, 4.69) is 0 Å². The van der Waals surface area contributed by atoms with E-state index >= 15 is 0 Å². The average molecular weight is 465 g/mol. The van der Waals surface area contributed by atoms with Crippen molar-refractivity contribution < 1.29 is 19.0 Å². The lowest BCUT2D eigenvalue weighted by atomic mass is 10.1. The molecular formula is C30H24O5. The fourth-order valence-corrected chi connectivity index (χ4v) is 3.89. The first kappa shape index (κ1) is 22.3. The van der Waals surface area contributed by atoms with Gasteiger partial charge in [-0.1, -0.05) is 60.7 Å². The SMILES string of the molecule is Cc1cc(OCc2ccccc2)c2c(=O)c(O)c(-c3ccc(OCc4ccccc4)cc3)oc2c1. The number of aromatic hydroxyl groups is 1. The van der Waals surface area contributed by atoms with E-state index in [1.165, 1.54) is 0 Å². The highest BCUT2D eigenvalue weighted by atomic mass is 16.5. The van der Waals surface area contributed by atoms with Crippen LogP contribution >= 0.6 is 0 Å². The van der Waals surface area contributed by atoms with E-state index in [1.54, 1.807) is 36.4 Å². The molecule has 5 aromatic rings. The lowest BCUT2D eigenvalue weighted by Gasteiger charge is -2.12.